The number of nitrogens with zero attached hydrogens (tertiary/aromatic N) is 1. The van der Waals surface area contributed by atoms with Crippen molar-refractivity contribution in [2.24, 2.45) is 0 Å². The Balaban J connectivity index is 5.07. The Morgan fingerprint density at radius 2 is 0.795 bits per heavy atom. The summed E-state index contributed by atoms with van der Waals surface area (Å²) in [5.74, 6) is -0.615. The Kier molecular flexibility index (Phi) is 55.8. The molecular formula is C68H125N2O7P. The molecule has 0 aliphatic carbocycles. The van der Waals surface area contributed by atoms with Crippen LogP contribution in [0, 0.1) is 0 Å². The highest BCUT2D eigenvalue weighted by Crippen LogP contribution is 2.38. The van der Waals surface area contributed by atoms with Crippen LogP contribution in [0.3, 0.4) is 0 Å². The summed E-state index contributed by atoms with van der Waals surface area (Å²) in [5, 5.41) is 3.02. The van der Waals surface area contributed by atoms with Crippen LogP contribution in [0.4, 0.5) is 0 Å². The Labute approximate surface area is 483 Å². The van der Waals surface area contributed by atoms with Crippen molar-refractivity contribution in [1.82, 2.24) is 5.32 Å². The zero-order chi connectivity index (χ0) is 57.2. The molecule has 1 amide bonds. The molecule has 10 heteroatoms. The Morgan fingerprint density at radius 1 is 0.449 bits per heavy atom. The first kappa shape index (κ1) is 75.5. The van der Waals surface area contributed by atoms with Crippen molar-refractivity contribution in [2.75, 3.05) is 40.9 Å². The molecule has 0 aliphatic rings. The normalized spacial score (nSPS) is 14.1. The highest BCUT2D eigenvalue weighted by Gasteiger charge is 2.27. The van der Waals surface area contributed by atoms with Crippen LogP contribution in [0.25, 0.3) is 0 Å². The quantitative estimate of drug-likeness (QED) is 0.0212. The van der Waals surface area contributed by atoms with Crippen molar-refractivity contribution in [2.45, 2.75) is 309 Å². The molecule has 3 atom stereocenters. The van der Waals surface area contributed by atoms with Crippen molar-refractivity contribution >= 4 is 19.7 Å². The number of esters is 1. The molecule has 0 aromatic carbocycles. The SMILES string of the molecule is CCCCC/C=C\C/C=C\C/C=C\CCCCCCCCCCCCCCCCC(=O)NC(COP(=O)([O-])OCC[N+](C)(C)C)C(/C=C\CCCCCCCCCCCC)OC(=O)CC/C=C/C/C=C\CCCCCCCC. The van der Waals surface area contributed by atoms with Crippen molar-refractivity contribution < 1.29 is 37.3 Å². The topological polar surface area (TPSA) is 114 Å². The second-order valence-corrected chi connectivity index (χ2v) is 24.7. The number of amides is 1. The number of carbonyl (C=O) groups excluding carboxylic acids is 2. The van der Waals surface area contributed by atoms with E-state index in [1.54, 1.807) is 0 Å². The van der Waals surface area contributed by atoms with Gasteiger partial charge in [-0.05, 0) is 89.5 Å². The van der Waals surface area contributed by atoms with Gasteiger partial charge in [-0.25, -0.2) is 0 Å². The highest BCUT2D eigenvalue weighted by molar-refractivity contribution is 7.45. The Morgan fingerprint density at radius 3 is 1.22 bits per heavy atom. The van der Waals surface area contributed by atoms with Gasteiger partial charge in [-0.1, -0.05) is 267 Å². The number of carbonyl (C=O) groups is 2. The van der Waals surface area contributed by atoms with E-state index in [9.17, 15) is 19.0 Å². The number of phosphoric acid groups is 1. The van der Waals surface area contributed by atoms with E-state index in [1.165, 1.54) is 193 Å². The lowest BCUT2D eigenvalue weighted by molar-refractivity contribution is -0.870. The Hall–Kier alpha value is -2.55. The first-order chi connectivity index (χ1) is 37.9. The van der Waals surface area contributed by atoms with Gasteiger partial charge >= 0.3 is 5.97 Å². The summed E-state index contributed by atoms with van der Waals surface area (Å²) in [6, 6.07) is -0.912. The van der Waals surface area contributed by atoms with Gasteiger partial charge in [-0.3, -0.25) is 14.2 Å². The minimum absolute atomic E-state index is 0.0310. The number of hydrogen-bond donors (Lipinski definition) is 1. The van der Waals surface area contributed by atoms with Crippen LogP contribution in [0.1, 0.15) is 297 Å². The number of rotatable bonds is 59. The van der Waals surface area contributed by atoms with Gasteiger partial charge in [0.2, 0.25) is 5.91 Å². The molecule has 78 heavy (non-hydrogen) atoms. The number of ether oxygens (including phenoxy) is 1. The summed E-state index contributed by atoms with van der Waals surface area (Å²) < 4.78 is 30.3. The second-order valence-electron chi connectivity index (χ2n) is 23.3. The molecule has 9 nitrogen and oxygen atoms in total. The van der Waals surface area contributed by atoms with Crippen molar-refractivity contribution in [1.29, 1.82) is 0 Å². The maximum Gasteiger partial charge on any atom is 0.306 e. The summed E-state index contributed by atoms with van der Waals surface area (Å²) in [4.78, 5) is 39.9. The largest absolute Gasteiger partial charge is 0.756 e. The fraction of sp³-hybridized carbons (Fsp3) is 0.794. The minimum Gasteiger partial charge on any atom is -0.756 e. The average molecular weight is 1110 g/mol. The van der Waals surface area contributed by atoms with Gasteiger partial charge in [0.1, 0.15) is 19.3 Å². The van der Waals surface area contributed by atoms with Gasteiger partial charge in [0.15, 0.2) is 0 Å². The van der Waals surface area contributed by atoms with Gasteiger partial charge < -0.3 is 28.5 Å². The third kappa shape index (κ3) is 58.1. The standard InChI is InChI=1S/C68H125N2O7P/c1-7-10-13-16-19-22-25-28-29-30-31-32-33-34-35-36-37-38-39-40-41-43-45-48-51-54-57-60-67(71)69-65(64-76-78(73,74)75-63-62-70(4,5)6)66(59-56-53-50-47-44-27-24-21-18-15-12-9-3)77-68(72)61-58-55-52-49-46-42-26-23-20-17-14-11-8-2/h19,22,28-29,31-32,42,46,52,55-56,59,65-66H,7-18,20-21,23-27,30,33-41,43-45,47-51,53-54,57-58,60-64H2,1-6H3,(H-,69,71,73,74)/b22-19-,29-28-,32-31-,46-42-,55-52+,59-56-. The summed E-state index contributed by atoms with van der Waals surface area (Å²) >= 11 is 0. The molecule has 0 bridgehead atoms. The Bertz CT molecular complexity index is 1570. The zero-order valence-corrected chi connectivity index (χ0v) is 52.8. The average Bonchev–Trinajstić information content (AvgIpc) is 3.40. The number of nitrogens with one attached hydrogen (secondary N) is 1. The van der Waals surface area contributed by atoms with Gasteiger partial charge in [0.25, 0.3) is 7.82 Å². The molecule has 3 unspecified atom stereocenters. The maximum atomic E-state index is 13.5. The lowest BCUT2D eigenvalue weighted by Crippen LogP contribution is -2.47. The van der Waals surface area contributed by atoms with Crippen LogP contribution in [0.5, 0.6) is 0 Å². The monoisotopic (exact) mass is 1110 g/mol. The molecule has 0 saturated carbocycles. The molecule has 0 aromatic heterocycles. The summed E-state index contributed by atoms with van der Waals surface area (Å²) in [7, 11) is 1.16. The first-order valence-electron chi connectivity index (χ1n) is 32.7. The van der Waals surface area contributed by atoms with Gasteiger partial charge in [-0.2, -0.15) is 0 Å². The summed E-state index contributed by atoms with van der Waals surface area (Å²) in [6.45, 7) is 6.78. The first-order valence-corrected chi connectivity index (χ1v) is 34.2. The van der Waals surface area contributed by atoms with E-state index >= 15 is 0 Å². The molecular weight excluding hydrogens is 988 g/mol. The van der Waals surface area contributed by atoms with E-state index in [-0.39, 0.29) is 18.9 Å². The number of unbranched alkanes of at least 4 members (excludes halogenated alkanes) is 33. The molecule has 454 valence electrons. The summed E-state index contributed by atoms with van der Waals surface area (Å²) in [5.41, 5.74) is 0. The van der Waals surface area contributed by atoms with Crippen LogP contribution < -0.4 is 10.2 Å². The third-order valence-electron chi connectivity index (χ3n) is 14.4. The molecule has 0 radical (unpaired) electrons. The van der Waals surface area contributed by atoms with E-state index in [0.717, 1.165) is 64.2 Å². The molecule has 0 fully saturated rings. The molecule has 1 N–H and O–H groups in total. The molecule has 0 heterocycles. The number of likely N-dealkylation sites (N-methyl/N-ethyl adjacent to an activating group) is 1. The maximum absolute atomic E-state index is 13.5. The van der Waals surface area contributed by atoms with Crippen LogP contribution in [0.15, 0.2) is 72.9 Å². The van der Waals surface area contributed by atoms with E-state index in [2.05, 4.69) is 80.8 Å². The van der Waals surface area contributed by atoms with Crippen molar-refractivity contribution in [3.8, 4) is 0 Å². The number of quaternary nitrogens is 1. The lowest BCUT2D eigenvalue weighted by atomic mass is 10.0. The van der Waals surface area contributed by atoms with Crippen LogP contribution in [-0.4, -0.2) is 69.4 Å². The van der Waals surface area contributed by atoms with Crippen LogP contribution in [0.2, 0.25) is 0 Å². The smallest absolute Gasteiger partial charge is 0.306 e. The predicted octanol–water partition coefficient (Wildman–Crippen LogP) is 19.8. The number of hydrogen-bond acceptors (Lipinski definition) is 7. The van der Waals surface area contributed by atoms with Crippen molar-refractivity contribution in [3.63, 3.8) is 0 Å². The summed E-state index contributed by atoms with van der Waals surface area (Å²) in [6.07, 6.45) is 74.7. The lowest BCUT2D eigenvalue weighted by Gasteiger charge is -2.30. The van der Waals surface area contributed by atoms with Crippen LogP contribution in [-0.2, 0) is 27.9 Å². The molecule has 0 rings (SSSR count). The van der Waals surface area contributed by atoms with Crippen LogP contribution >= 0.6 is 7.82 Å². The predicted molar refractivity (Wildman–Crippen MR) is 335 cm³/mol. The number of phosphoric ester groups is 1. The van der Waals surface area contributed by atoms with E-state index in [1.807, 2.05) is 39.4 Å². The van der Waals surface area contributed by atoms with E-state index < -0.39 is 32.5 Å². The molecule has 0 spiro atoms. The second kappa shape index (κ2) is 57.7. The van der Waals surface area contributed by atoms with Gasteiger partial charge in [-0.15, -0.1) is 0 Å². The minimum atomic E-state index is -4.71. The molecule has 0 aromatic rings. The van der Waals surface area contributed by atoms with Crippen molar-refractivity contribution in [3.05, 3.63) is 72.9 Å². The molecule has 0 aliphatic heterocycles. The van der Waals surface area contributed by atoms with E-state index in [0.29, 0.717) is 23.9 Å². The fourth-order valence-electron chi connectivity index (χ4n) is 9.29. The fourth-order valence-corrected chi connectivity index (χ4v) is 10.0. The third-order valence-corrected chi connectivity index (χ3v) is 15.3. The molecule has 0 saturated heterocycles. The number of allylic oxidation sites excluding steroid dienone is 11. The van der Waals surface area contributed by atoms with Gasteiger partial charge in [0.05, 0.1) is 33.8 Å². The zero-order valence-electron chi connectivity index (χ0n) is 51.9. The van der Waals surface area contributed by atoms with E-state index in [4.69, 9.17) is 13.8 Å². The van der Waals surface area contributed by atoms with Gasteiger partial charge in [0, 0.05) is 12.8 Å². The highest BCUT2D eigenvalue weighted by atomic mass is 31.2.